The molecule has 0 atom stereocenters. The van der Waals surface area contributed by atoms with Gasteiger partial charge in [0.1, 0.15) is 10.7 Å². The molecule has 0 radical (unpaired) electrons. The normalized spacial score (nSPS) is 12.5. The monoisotopic (exact) mass is 392 g/mol. The molecular formula is C15H9ClF4N2O2S. The minimum atomic E-state index is -4.55. The Bertz CT molecular complexity index is 1060. The molecule has 0 saturated heterocycles. The molecule has 4 nitrogen and oxygen atoms in total. The largest absolute Gasteiger partial charge is 0.416 e. The Morgan fingerprint density at radius 2 is 1.80 bits per heavy atom. The first kappa shape index (κ1) is 17.6. The third-order valence-electron chi connectivity index (χ3n) is 3.44. The van der Waals surface area contributed by atoms with Crippen LogP contribution in [0.1, 0.15) is 5.56 Å². The number of anilines is 1. The Labute approximate surface area is 144 Å². The molecule has 0 unspecified atom stereocenters. The van der Waals surface area contributed by atoms with E-state index in [2.05, 4.69) is 4.98 Å². The highest BCUT2D eigenvalue weighted by Crippen LogP contribution is 2.33. The molecule has 0 spiro atoms. The van der Waals surface area contributed by atoms with Crippen molar-refractivity contribution in [1.29, 1.82) is 0 Å². The van der Waals surface area contributed by atoms with Crippen molar-refractivity contribution in [2.45, 2.75) is 11.1 Å². The number of aromatic nitrogens is 1. The fraction of sp³-hybridized carbons (Fsp3) is 0.0667. The number of nitrogens with one attached hydrogen (secondary N) is 2. The molecule has 2 aromatic carbocycles. The van der Waals surface area contributed by atoms with Gasteiger partial charge in [0.05, 0.1) is 11.3 Å². The number of rotatable bonds is 3. The van der Waals surface area contributed by atoms with Gasteiger partial charge in [-0.2, -0.15) is 13.2 Å². The summed E-state index contributed by atoms with van der Waals surface area (Å²) in [4.78, 5) is 2.18. The highest BCUT2D eigenvalue weighted by atomic mass is 35.5. The lowest BCUT2D eigenvalue weighted by Gasteiger charge is -2.09. The molecule has 25 heavy (non-hydrogen) atoms. The van der Waals surface area contributed by atoms with E-state index >= 15 is 0 Å². The standard InChI is InChI=1S/C15H9ClF4N2O2S/c16-9-2-4-12(11(17)6-9)22-25(23,24)14-7-21-13-5-8(15(18,19)20)1-3-10(13)14/h1-7,21-22H. The summed E-state index contributed by atoms with van der Waals surface area (Å²) in [7, 11) is -4.23. The highest BCUT2D eigenvalue weighted by Gasteiger charge is 2.31. The Morgan fingerprint density at radius 1 is 1.08 bits per heavy atom. The fourth-order valence-corrected chi connectivity index (χ4v) is 3.68. The van der Waals surface area contributed by atoms with Crippen LogP contribution in [-0.4, -0.2) is 13.4 Å². The van der Waals surface area contributed by atoms with Gasteiger partial charge in [-0.25, -0.2) is 12.8 Å². The molecular weight excluding hydrogens is 384 g/mol. The average Bonchev–Trinajstić information content (AvgIpc) is 2.93. The van der Waals surface area contributed by atoms with Crippen LogP contribution >= 0.6 is 11.6 Å². The van der Waals surface area contributed by atoms with Crippen LogP contribution in [0.2, 0.25) is 5.02 Å². The van der Waals surface area contributed by atoms with Gasteiger partial charge in [0.15, 0.2) is 0 Å². The van der Waals surface area contributed by atoms with Crippen LogP contribution in [0.15, 0.2) is 47.5 Å². The molecule has 132 valence electrons. The van der Waals surface area contributed by atoms with E-state index in [4.69, 9.17) is 11.6 Å². The third kappa shape index (κ3) is 3.42. The highest BCUT2D eigenvalue weighted by molar-refractivity contribution is 7.93. The minimum absolute atomic E-state index is 0.00761. The number of hydrogen-bond donors (Lipinski definition) is 2. The average molecular weight is 393 g/mol. The van der Waals surface area contributed by atoms with Gasteiger partial charge in [-0.3, -0.25) is 4.72 Å². The Kier molecular flexibility index (Phi) is 4.16. The summed E-state index contributed by atoms with van der Waals surface area (Å²) >= 11 is 5.60. The third-order valence-corrected chi connectivity index (χ3v) is 5.08. The van der Waals surface area contributed by atoms with E-state index in [1.807, 2.05) is 4.72 Å². The maximum absolute atomic E-state index is 13.8. The molecule has 10 heteroatoms. The van der Waals surface area contributed by atoms with Crippen LogP contribution in [0, 0.1) is 5.82 Å². The van der Waals surface area contributed by atoms with Crippen LogP contribution in [0.3, 0.4) is 0 Å². The lowest BCUT2D eigenvalue weighted by molar-refractivity contribution is -0.137. The van der Waals surface area contributed by atoms with E-state index < -0.39 is 27.6 Å². The van der Waals surface area contributed by atoms with Crippen LogP contribution in [0.4, 0.5) is 23.2 Å². The lowest BCUT2D eigenvalue weighted by atomic mass is 10.1. The smallest absolute Gasteiger partial charge is 0.360 e. The first-order valence-electron chi connectivity index (χ1n) is 6.74. The first-order valence-corrected chi connectivity index (χ1v) is 8.60. The van der Waals surface area contributed by atoms with Crippen molar-refractivity contribution in [1.82, 2.24) is 4.98 Å². The first-order chi connectivity index (χ1) is 11.6. The van der Waals surface area contributed by atoms with Gasteiger partial charge in [0, 0.05) is 22.1 Å². The number of alkyl halides is 3. The molecule has 2 N–H and O–H groups in total. The van der Waals surface area contributed by atoms with Crippen LogP contribution in [0.25, 0.3) is 10.9 Å². The van der Waals surface area contributed by atoms with E-state index in [1.165, 1.54) is 6.07 Å². The predicted octanol–water partition coefficient (Wildman–Crippen LogP) is 4.78. The van der Waals surface area contributed by atoms with Gasteiger partial charge in [-0.05, 0) is 30.3 Å². The predicted molar refractivity (Wildman–Crippen MR) is 85.5 cm³/mol. The summed E-state index contributed by atoms with van der Waals surface area (Å²) in [6.07, 6.45) is -3.51. The quantitative estimate of drug-likeness (QED) is 0.630. The number of aromatic amines is 1. The fourth-order valence-electron chi connectivity index (χ4n) is 2.27. The topological polar surface area (TPSA) is 62.0 Å². The summed E-state index contributed by atoms with van der Waals surface area (Å²) < 4.78 is 78.9. The summed E-state index contributed by atoms with van der Waals surface area (Å²) in [5.74, 6) is -0.879. The SMILES string of the molecule is O=S(=O)(Nc1ccc(Cl)cc1F)c1c[nH]c2cc(C(F)(F)F)ccc12. The second kappa shape index (κ2) is 5.92. The summed E-state index contributed by atoms with van der Waals surface area (Å²) in [6.45, 7) is 0. The van der Waals surface area contributed by atoms with Crippen molar-refractivity contribution in [3.05, 3.63) is 59.0 Å². The maximum atomic E-state index is 13.8. The Morgan fingerprint density at radius 3 is 2.44 bits per heavy atom. The van der Waals surface area contributed by atoms with Crippen LogP contribution in [-0.2, 0) is 16.2 Å². The van der Waals surface area contributed by atoms with E-state index in [-0.39, 0.29) is 26.5 Å². The lowest BCUT2D eigenvalue weighted by Crippen LogP contribution is -2.13. The summed E-state index contributed by atoms with van der Waals surface area (Å²) in [5.41, 5.74) is -1.25. The van der Waals surface area contributed by atoms with Gasteiger partial charge >= 0.3 is 6.18 Å². The molecule has 3 aromatic rings. The number of sulfonamides is 1. The maximum Gasteiger partial charge on any atom is 0.416 e. The number of halogens is 5. The molecule has 0 saturated carbocycles. The molecule has 0 fully saturated rings. The van der Waals surface area contributed by atoms with Crippen LogP contribution < -0.4 is 4.72 Å². The molecule has 0 bridgehead atoms. The second-order valence-electron chi connectivity index (χ2n) is 5.14. The van der Waals surface area contributed by atoms with Gasteiger partial charge in [-0.1, -0.05) is 17.7 Å². The van der Waals surface area contributed by atoms with Crippen molar-refractivity contribution in [3.63, 3.8) is 0 Å². The molecule has 0 amide bonds. The Hall–Kier alpha value is -2.26. The van der Waals surface area contributed by atoms with Crippen molar-refractivity contribution in [2.24, 2.45) is 0 Å². The van der Waals surface area contributed by atoms with Crippen molar-refractivity contribution < 1.29 is 26.0 Å². The van der Waals surface area contributed by atoms with E-state index in [9.17, 15) is 26.0 Å². The number of fused-ring (bicyclic) bond motifs is 1. The van der Waals surface area contributed by atoms with Crippen molar-refractivity contribution in [2.75, 3.05) is 4.72 Å². The van der Waals surface area contributed by atoms with Crippen molar-refractivity contribution in [3.8, 4) is 0 Å². The molecule has 0 aliphatic rings. The number of hydrogen-bond acceptors (Lipinski definition) is 2. The van der Waals surface area contributed by atoms with Crippen LogP contribution in [0.5, 0.6) is 0 Å². The van der Waals surface area contributed by atoms with Gasteiger partial charge in [0.25, 0.3) is 10.0 Å². The van der Waals surface area contributed by atoms with Gasteiger partial charge in [0.2, 0.25) is 0 Å². The summed E-state index contributed by atoms with van der Waals surface area (Å²) in [6, 6.07) is 6.00. The summed E-state index contributed by atoms with van der Waals surface area (Å²) in [5, 5.41) is 0.141. The van der Waals surface area contributed by atoms with E-state index in [0.717, 1.165) is 36.5 Å². The minimum Gasteiger partial charge on any atom is -0.360 e. The molecule has 1 aromatic heterocycles. The Balaban J connectivity index is 2.03. The van der Waals surface area contributed by atoms with E-state index in [1.54, 1.807) is 0 Å². The number of benzene rings is 2. The zero-order chi connectivity index (χ0) is 18.4. The molecule has 0 aliphatic carbocycles. The molecule has 3 rings (SSSR count). The molecule has 1 heterocycles. The second-order valence-corrected chi connectivity index (χ2v) is 7.23. The van der Waals surface area contributed by atoms with Gasteiger partial charge in [-0.15, -0.1) is 0 Å². The molecule has 0 aliphatic heterocycles. The van der Waals surface area contributed by atoms with Gasteiger partial charge < -0.3 is 4.98 Å². The van der Waals surface area contributed by atoms with Crippen molar-refractivity contribution >= 4 is 38.2 Å². The van der Waals surface area contributed by atoms with E-state index in [0.29, 0.717) is 0 Å². The zero-order valence-corrected chi connectivity index (χ0v) is 13.7. The zero-order valence-electron chi connectivity index (χ0n) is 12.2. The number of H-pyrrole nitrogens is 1.